The standard InChI is InChI=1S/C21H20N2O4S/c24-19(14-6-2-1-3-7-14)23-13-28-12-18(23)20(25)22-10-15-8-4-5-9-16(15)17(11-22)21(26)27/h1-9,17-18H,10-13H2,(H,26,27). The van der Waals surface area contributed by atoms with Crippen LogP contribution in [-0.2, 0) is 16.1 Å². The Morgan fingerprint density at radius 2 is 1.71 bits per heavy atom. The van der Waals surface area contributed by atoms with E-state index < -0.39 is 17.9 Å². The maximum absolute atomic E-state index is 13.3. The molecule has 1 saturated heterocycles. The van der Waals surface area contributed by atoms with Crippen LogP contribution in [0.4, 0.5) is 0 Å². The minimum atomic E-state index is -0.942. The topological polar surface area (TPSA) is 77.9 Å². The number of hydrogen-bond acceptors (Lipinski definition) is 4. The Kier molecular flexibility index (Phi) is 5.09. The average molecular weight is 396 g/mol. The van der Waals surface area contributed by atoms with Crippen LogP contribution in [0.3, 0.4) is 0 Å². The van der Waals surface area contributed by atoms with Gasteiger partial charge in [0.2, 0.25) is 5.91 Å². The van der Waals surface area contributed by atoms with Gasteiger partial charge in [0, 0.05) is 24.4 Å². The molecular weight excluding hydrogens is 376 g/mol. The van der Waals surface area contributed by atoms with Gasteiger partial charge in [0.15, 0.2) is 0 Å². The lowest BCUT2D eigenvalue weighted by atomic mass is 9.89. The minimum Gasteiger partial charge on any atom is -0.481 e. The van der Waals surface area contributed by atoms with Crippen LogP contribution in [-0.4, -0.2) is 56.9 Å². The van der Waals surface area contributed by atoms with E-state index >= 15 is 0 Å². The second-order valence-electron chi connectivity index (χ2n) is 6.97. The second-order valence-corrected chi connectivity index (χ2v) is 7.96. The number of amides is 2. The molecule has 7 heteroatoms. The van der Waals surface area contributed by atoms with Gasteiger partial charge in [-0.1, -0.05) is 42.5 Å². The van der Waals surface area contributed by atoms with E-state index in [1.165, 1.54) is 11.8 Å². The van der Waals surface area contributed by atoms with Crippen LogP contribution < -0.4 is 0 Å². The van der Waals surface area contributed by atoms with E-state index in [0.29, 0.717) is 23.7 Å². The molecule has 144 valence electrons. The number of carbonyl (C=O) groups excluding carboxylic acids is 2. The van der Waals surface area contributed by atoms with Crippen molar-refractivity contribution >= 4 is 29.5 Å². The monoisotopic (exact) mass is 396 g/mol. The first-order valence-electron chi connectivity index (χ1n) is 9.09. The molecule has 2 unspecified atom stereocenters. The summed E-state index contributed by atoms with van der Waals surface area (Å²) >= 11 is 1.54. The molecule has 6 nitrogen and oxygen atoms in total. The Morgan fingerprint density at radius 3 is 2.46 bits per heavy atom. The van der Waals surface area contributed by atoms with Crippen LogP contribution in [0.25, 0.3) is 0 Å². The smallest absolute Gasteiger partial charge is 0.312 e. The first kappa shape index (κ1) is 18.6. The Bertz CT molecular complexity index is 918. The quantitative estimate of drug-likeness (QED) is 0.862. The summed E-state index contributed by atoms with van der Waals surface area (Å²) in [4.78, 5) is 41.1. The number of carboxylic acids is 1. The predicted molar refractivity (Wildman–Crippen MR) is 106 cm³/mol. The number of fused-ring (bicyclic) bond motifs is 1. The van der Waals surface area contributed by atoms with Crippen LogP contribution in [0.2, 0.25) is 0 Å². The van der Waals surface area contributed by atoms with E-state index in [1.54, 1.807) is 34.1 Å². The third-order valence-electron chi connectivity index (χ3n) is 5.25. The van der Waals surface area contributed by atoms with Gasteiger partial charge in [-0.3, -0.25) is 14.4 Å². The lowest BCUT2D eigenvalue weighted by Gasteiger charge is -2.35. The van der Waals surface area contributed by atoms with Gasteiger partial charge in [-0.25, -0.2) is 0 Å². The summed E-state index contributed by atoms with van der Waals surface area (Å²) in [7, 11) is 0. The van der Waals surface area contributed by atoms with Gasteiger partial charge < -0.3 is 14.9 Å². The molecule has 2 aromatic rings. The number of aliphatic carboxylic acids is 1. The molecule has 2 atom stereocenters. The van der Waals surface area contributed by atoms with Crippen molar-refractivity contribution in [1.29, 1.82) is 0 Å². The van der Waals surface area contributed by atoms with Crippen molar-refractivity contribution in [3.05, 3.63) is 71.3 Å². The van der Waals surface area contributed by atoms with E-state index in [2.05, 4.69) is 0 Å². The highest BCUT2D eigenvalue weighted by Gasteiger charge is 2.40. The Balaban J connectivity index is 1.57. The van der Waals surface area contributed by atoms with Crippen LogP contribution in [0.15, 0.2) is 54.6 Å². The average Bonchev–Trinajstić information content (AvgIpc) is 3.22. The van der Waals surface area contributed by atoms with Crippen molar-refractivity contribution in [2.45, 2.75) is 18.5 Å². The van der Waals surface area contributed by atoms with Crippen LogP contribution >= 0.6 is 11.8 Å². The molecular formula is C21H20N2O4S. The predicted octanol–water partition coefficient (Wildman–Crippen LogP) is 2.41. The van der Waals surface area contributed by atoms with E-state index in [1.807, 2.05) is 30.3 Å². The summed E-state index contributed by atoms with van der Waals surface area (Å²) in [5, 5.41) is 9.63. The fraction of sp³-hybridized carbons (Fsp3) is 0.286. The molecule has 2 amide bonds. The molecule has 0 saturated carbocycles. The maximum Gasteiger partial charge on any atom is 0.312 e. The summed E-state index contributed by atoms with van der Waals surface area (Å²) in [6, 6.07) is 15.7. The SMILES string of the molecule is O=C(O)C1CN(C(=O)C2CSCN2C(=O)c2ccccc2)Cc2ccccc21. The number of thioether (sulfide) groups is 1. The summed E-state index contributed by atoms with van der Waals surface area (Å²) in [6.45, 7) is 0.493. The molecule has 2 aromatic carbocycles. The number of nitrogens with zero attached hydrogens (tertiary/aromatic N) is 2. The summed E-state index contributed by atoms with van der Waals surface area (Å²) in [6.07, 6.45) is 0. The molecule has 0 radical (unpaired) electrons. The molecule has 4 rings (SSSR count). The zero-order valence-corrected chi connectivity index (χ0v) is 16.0. The second kappa shape index (κ2) is 7.67. The number of hydrogen-bond donors (Lipinski definition) is 1. The van der Waals surface area contributed by atoms with Gasteiger partial charge in [0.25, 0.3) is 5.91 Å². The molecule has 0 spiro atoms. The van der Waals surface area contributed by atoms with Crippen molar-refractivity contribution in [3.63, 3.8) is 0 Å². The van der Waals surface area contributed by atoms with Gasteiger partial charge in [-0.15, -0.1) is 11.8 Å². The minimum absolute atomic E-state index is 0.125. The fourth-order valence-corrected chi connectivity index (χ4v) is 4.94. The zero-order chi connectivity index (χ0) is 19.7. The summed E-state index contributed by atoms with van der Waals surface area (Å²) in [5.74, 6) is -1.07. The molecule has 2 heterocycles. The van der Waals surface area contributed by atoms with Crippen LogP contribution in [0.5, 0.6) is 0 Å². The number of carboxylic acid groups (broad SMARTS) is 1. The normalized spacial score (nSPS) is 21.3. The number of benzene rings is 2. The van der Waals surface area contributed by atoms with Crippen molar-refractivity contribution in [1.82, 2.24) is 9.80 Å². The largest absolute Gasteiger partial charge is 0.481 e. The van der Waals surface area contributed by atoms with E-state index in [9.17, 15) is 19.5 Å². The Labute approximate surface area is 167 Å². The van der Waals surface area contributed by atoms with Crippen molar-refractivity contribution in [3.8, 4) is 0 Å². The summed E-state index contributed by atoms with van der Waals surface area (Å²) < 4.78 is 0. The molecule has 0 aliphatic carbocycles. The van der Waals surface area contributed by atoms with E-state index in [0.717, 1.165) is 11.1 Å². The lowest BCUT2D eigenvalue weighted by Crippen LogP contribution is -2.51. The van der Waals surface area contributed by atoms with E-state index in [4.69, 9.17) is 0 Å². The highest BCUT2D eigenvalue weighted by atomic mass is 32.2. The third kappa shape index (κ3) is 3.38. The van der Waals surface area contributed by atoms with Gasteiger partial charge in [-0.05, 0) is 23.3 Å². The molecule has 0 aromatic heterocycles. The van der Waals surface area contributed by atoms with Crippen LogP contribution in [0.1, 0.15) is 27.4 Å². The van der Waals surface area contributed by atoms with Crippen molar-refractivity contribution < 1.29 is 19.5 Å². The zero-order valence-electron chi connectivity index (χ0n) is 15.2. The molecule has 1 N–H and O–H groups in total. The lowest BCUT2D eigenvalue weighted by molar-refractivity contribution is -0.142. The first-order chi connectivity index (χ1) is 13.6. The molecule has 2 aliphatic rings. The van der Waals surface area contributed by atoms with Gasteiger partial charge in [0.05, 0.1) is 11.8 Å². The molecule has 1 fully saturated rings. The van der Waals surface area contributed by atoms with Gasteiger partial charge in [0.1, 0.15) is 6.04 Å². The Morgan fingerprint density at radius 1 is 1.00 bits per heavy atom. The van der Waals surface area contributed by atoms with Crippen LogP contribution in [0, 0.1) is 0 Å². The molecule has 28 heavy (non-hydrogen) atoms. The fourth-order valence-electron chi connectivity index (χ4n) is 3.79. The highest BCUT2D eigenvalue weighted by molar-refractivity contribution is 7.99. The number of rotatable bonds is 3. The first-order valence-corrected chi connectivity index (χ1v) is 10.2. The van der Waals surface area contributed by atoms with Crippen molar-refractivity contribution in [2.75, 3.05) is 18.2 Å². The molecule has 0 bridgehead atoms. The summed E-state index contributed by atoms with van der Waals surface area (Å²) in [5.41, 5.74) is 2.16. The maximum atomic E-state index is 13.3. The Hall–Kier alpha value is -2.80. The highest BCUT2D eigenvalue weighted by Crippen LogP contribution is 2.31. The van der Waals surface area contributed by atoms with Gasteiger partial charge in [-0.2, -0.15) is 0 Å². The van der Waals surface area contributed by atoms with E-state index in [-0.39, 0.29) is 18.4 Å². The number of carbonyl (C=O) groups is 3. The van der Waals surface area contributed by atoms with Crippen molar-refractivity contribution in [2.24, 2.45) is 0 Å². The third-order valence-corrected chi connectivity index (χ3v) is 6.27. The molecule has 2 aliphatic heterocycles. The van der Waals surface area contributed by atoms with Gasteiger partial charge >= 0.3 is 5.97 Å².